The molecule has 1 atom stereocenters. The zero-order valence-corrected chi connectivity index (χ0v) is 15.8. The van der Waals surface area contributed by atoms with Crippen LogP contribution in [0.15, 0.2) is 18.2 Å². The predicted octanol–water partition coefficient (Wildman–Crippen LogP) is 4.82. The van der Waals surface area contributed by atoms with Gasteiger partial charge in [-0.1, -0.05) is 25.5 Å². The zero-order valence-electron chi connectivity index (χ0n) is 12.8. The fraction of sp³-hybridized carbons (Fsp3) is 0.412. The van der Waals surface area contributed by atoms with Crippen LogP contribution in [0.25, 0.3) is 0 Å². The van der Waals surface area contributed by atoms with Gasteiger partial charge in [0, 0.05) is 8.45 Å². The number of carbonyl (C=O) groups is 1. The lowest BCUT2D eigenvalue weighted by molar-refractivity contribution is 0.102. The number of anilines is 1. The first kappa shape index (κ1) is 15.9. The Bertz CT molecular complexity index is 711. The van der Waals surface area contributed by atoms with Crippen molar-refractivity contribution in [1.29, 1.82) is 0 Å². The van der Waals surface area contributed by atoms with E-state index in [4.69, 9.17) is 0 Å². The van der Waals surface area contributed by atoms with Gasteiger partial charge in [-0.15, -0.1) is 11.3 Å². The Morgan fingerprint density at radius 1 is 1.50 bits per heavy atom. The summed E-state index contributed by atoms with van der Waals surface area (Å²) in [4.78, 5) is 18.4. The molecule has 0 bridgehead atoms. The normalized spacial score (nSPS) is 17.1. The standard InChI is InChI=1S/C17H19IN2OS/c1-3-11-7-8-13-14(9-11)22-17(19-13)20-16(21)12-6-4-5-10(2)15(12)18/h4-6,11H,3,7-9H2,1-2H3,(H,19,20,21). The molecule has 116 valence electrons. The van der Waals surface area contributed by atoms with Gasteiger partial charge in [-0.2, -0.15) is 0 Å². The number of nitrogens with zero attached hydrogens (tertiary/aromatic N) is 1. The molecule has 0 saturated carbocycles. The molecule has 3 rings (SSSR count). The molecular formula is C17H19IN2OS. The van der Waals surface area contributed by atoms with Crippen LogP contribution < -0.4 is 5.32 Å². The highest BCUT2D eigenvalue weighted by atomic mass is 127. The third kappa shape index (κ3) is 3.20. The molecule has 1 aliphatic rings. The summed E-state index contributed by atoms with van der Waals surface area (Å²) < 4.78 is 1.00. The first-order valence-corrected chi connectivity index (χ1v) is 9.53. The van der Waals surface area contributed by atoms with E-state index in [0.717, 1.165) is 38.6 Å². The van der Waals surface area contributed by atoms with E-state index in [-0.39, 0.29) is 5.91 Å². The van der Waals surface area contributed by atoms with E-state index in [1.165, 1.54) is 23.4 Å². The van der Waals surface area contributed by atoms with Crippen molar-refractivity contribution >= 4 is 45.0 Å². The Morgan fingerprint density at radius 2 is 2.32 bits per heavy atom. The summed E-state index contributed by atoms with van der Waals surface area (Å²) in [5.74, 6) is 0.709. The van der Waals surface area contributed by atoms with E-state index >= 15 is 0 Å². The Morgan fingerprint density at radius 3 is 3.09 bits per heavy atom. The molecule has 3 nitrogen and oxygen atoms in total. The molecule has 2 aromatic rings. The highest BCUT2D eigenvalue weighted by molar-refractivity contribution is 14.1. The Hall–Kier alpha value is -0.950. The number of fused-ring (bicyclic) bond motifs is 1. The Balaban J connectivity index is 1.78. The summed E-state index contributed by atoms with van der Waals surface area (Å²) in [5.41, 5.74) is 3.03. The molecule has 0 radical (unpaired) electrons. The largest absolute Gasteiger partial charge is 0.298 e. The number of benzene rings is 1. The molecular weight excluding hydrogens is 407 g/mol. The quantitative estimate of drug-likeness (QED) is 0.715. The van der Waals surface area contributed by atoms with Gasteiger partial charge in [-0.05, 0) is 66.3 Å². The third-order valence-electron chi connectivity index (χ3n) is 4.28. The third-order valence-corrected chi connectivity index (χ3v) is 6.74. The number of rotatable bonds is 3. The monoisotopic (exact) mass is 426 g/mol. The van der Waals surface area contributed by atoms with Crippen molar-refractivity contribution < 1.29 is 4.79 Å². The molecule has 0 saturated heterocycles. The van der Waals surface area contributed by atoms with Crippen molar-refractivity contribution in [1.82, 2.24) is 4.98 Å². The first-order valence-electron chi connectivity index (χ1n) is 7.63. The molecule has 1 N–H and O–H groups in total. The van der Waals surface area contributed by atoms with Crippen LogP contribution in [0.4, 0.5) is 5.13 Å². The Labute approximate surface area is 148 Å². The van der Waals surface area contributed by atoms with Gasteiger partial charge < -0.3 is 0 Å². The molecule has 22 heavy (non-hydrogen) atoms. The average Bonchev–Trinajstić information content (AvgIpc) is 2.90. The fourth-order valence-electron chi connectivity index (χ4n) is 2.83. The molecule has 1 aromatic heterocycles. The van der Waals surface area contributed by atoms with Crippen LogP contribution in [0.5, 0.6) is 0 Å². The minimum Gasteiger partial charge on any atom is -0.298 e. The maximum Gasteiger partial charge on any atom is 0.258 e. The van der Waals surface area contributed by atoms with E-state index in [0.29, 0.717) is 0 Å². The number of thiazole rings is 1. The summed E-state index contributed by atoms with van der Waals surface area (Å²) >= 11 is 3.87. The second-order valence-corrected chi connectivity index (χ2v) is 7.96. The molecule has 1 aromatic carbocycles. The number of aromatic nitrogens is 1. The Kier molecular flexibility index (Phi) is 4.82. The summed E-state index contributed by atoms with van der Waals surface area (Å²) in [6.45, 7) is 4.27. The molecule has 0 aliphatic heterocycles. The van der Waals surface area contributed by atoms with Crippen molar-refractivity contribution in [3.05, 3.63) is 43.5 Å². The van der Waals surface area contributed by atoms with Crippen LogP contribution in [0.1, 0.15) is 46.3 Å². The summed E-state index contributed by atoms with van der Waals surface area (Å²) in [5, 5.41) is 3.72. The summed E-state index contributed by atoms with van der Waals surface area (Å²) in [7, 11) is 0. The van der Waals surface area contributed by atoms with E-state index in [9.17, 15) is 4.79 Å². The fourth-order valence-corrected chi connectivity index (χ4v) is 4.55. The maximum atomic E-state index is 12.5. The van der Waals surface area contributed by atoms with E-state index in [1.54, 1.807) is 11.3 Å². The lowest BCUT2D eigenvalue weighted by Crippen LogP contribution is -2.14. The number of halogens is 1. The number of hydrogen-bond acceptors (Lipinski definition) is 3. The zero-order chi connectivity index (χ0) is 15.7. The SMILES string of the molecule is CCC1CCc2nc(NC(=O)c3cccc(C)c3I)sc2C1. The van der Waals surface area contributed by atoms with E-state index in [1.807, 2.05) is 25.1 Å². The van der Waals surface area contributed by atoms with Gasteiger partial charge in [-0.25, -0.2) is 4.98 Å². The van der Waals surface area contributed by atoms with Gasteiger partial charge in [0.15, 0.2) is 5.13 Å². The lowest BCUT2D eigenvalue weighted by atomic mass is 9.89. The average molecular weight is 426 g/mol. The van der Waals surface area contributed by atoms with Crippen molar-refractivity contribution in [3.8, 4) is 0 Å². The van der Waals surface area contributed by atoms with Crippen molar-refractivity contribution in [2.24, 2.45) is 5.92 Å². The molecule has 5 heteroatoms. The smallest absolute Gasteiger partial charge is 0.258 e. The van der Waals surface area contributed by atoms with E-state index < -0.39 is 0 Å². The summed E-state index contributed by atoms with van der Waals surface area (Å²) in [6, 6.07) is 5.81. The van der Waals surface area contributed by atoms with Crippen LogP contribution in [-0.2, 0) is 12.8 Å². The van der Waals surface area contributed by atoms with Gasteiger partial charge >= 0.3 is 0 Å². The highest BCUT2D eigenvalue weighted by Crippen LogP contribution is 2.33. The van der Waals surface area contributed by atoms with Gasteiger partial charge in [0.2, 0.25) is 0 Å². The predicted molar refractivity (Wildman–Crippen MR) is 99.8 cm³/mol. The topological polar surface area (TPSA) is 42.0 Å². The molecule has 1 aliphatic carbocycles. The van der Waals surface area contributed by atoms with Crippen LogP contribution in [0.2, 0.25) is 0 Å². The number of nitrogens with one attached hydrogen (secondary N) is 1. The van der Waals surface area contributed by atoms with Crippen LogP contribution >= 0.6 is 33.9 Å². The molecule has 0 spiro atoms. The number of hydrogen-bond donors (Lipinski definition) is 1. The van der Waals surface area contributed by atoms with E-state index in [2.05, 4.69) is 39.8 Å². The number of amides is 1. The lowest BCUT2D eigenvalue weighted by Gasteiger charge is -2.18. The van der Waals surface area contributed by atoms with Crippen molar-refractivity contribution in [2.75, 3.05) is 5.32 Å². The molecule has 1 amide bonds. The van der Waals surface area contributed by atoms with Crippen molar-refractivity contribution in [2.45, 2.75) is 39.5 Å². The first-order chi connectivity index (χ1) is 10.6. The molecule has 0 fully saturated rings. The maximum absolute atomic E-state index is 12.5. The van der Waals surface area contributed by atoms with Gasteiger partial charge in [0.05, 0.1) is 11.3 Å². The second-order valence-electron chi connectivity index (χ2n) is 5.80. The van der Waals surface area contributed by atoms with Crippen LogP contribution in [0.3, 0.4) is 0 Å². The van der Waals surface area contributed by atoms with Crippen molar-refractivity contribution in [3.63, 3.8) is 0 Å². The van der Waals surface area contributed by atoms with Crippen LogP contribution in [-0.4, -0.2) is 10.9 Å². The molecule has 1 heterocycles. The summed E-state index contributed by atoms with van der Waals surface area (Å²) in [6.07, 6.45) is 4.60. The second kappa shape index (κ2) is 6.66. The highest BCUT2D eigenvalue weighted by Gasteiger charge is 2.22. The van der Waals surface area contributed by atoms with Crippen LogP contribution in [0, 0.1) is 16.4 Å². The number of aryl methyl sites for hydroxylation is 2. The minimum absolute atomic E-state index is 0.0637. The number of carbonyl (C=O) groups excluding carboxylic acids is 1. The van der Waals surface area contributed by atoms with Gasteiger partial charge in [-0.3, -0.25) is 10.1 Å². The van der Waals surface area contributed by atoms with Gasteiger partial charge in [0.1, 0.15) is 0 Å². The minimum atomic E-state index is -0.0637. The molecule has 1 unspecified atom stereocenters. The van der Waals surface area contributed by atoms with Gasteiger partial charge in [0.25, 0.3) is 5.91 Å².